The number of aromatic nitrogens is 6. The zero-order valence-corrected chi connectivity index (χ0v) is 18.3. The summed E-state index contributed by atoms with van der Waals surface area (Å²) in [6.45, 7) is 1.76. The van der Waals surface area contributed by atoms with E-state index >= 15 is 0 Å². The molecule has 12 heteroatoms. The van der Waals surface area contributed by atoms with Crippen molar-refractivity contribution in [3.05, 3.63) is 54.2 Å². The third kappa shape index (κ3) is 4.78. The Morgan fingerprint density at radius 1 is 1.13 bits per heavy atom. The van der Waals surface area contributed by atoms with Gasteiger partial charge in [-0.2, -0.15) is 4.37 Å². The van der Waals surface area contributed by atoms with Crippen LogP contribution in [0.5, 0.6) is 5.75 Å². The van der Waals surface area contributed by atoms with E-state index in [0.717, 1.165) is 16.4 Å². The number of aromatic hydroxyl groups is 1. The maximum absolute atomic E-state index is 13.0. The highest BCUT2D eigenvalue weighted by atomic mass is 32.2. The van der Waals surface area contributed by atoms with Crippen LogP contribution in [0.2, 0.25) is 0 Å². The fourth-order valence-electron chi connectivity index (χ4n) is 2.33. The minimum absolute atomic E-state index is 0.178. The molecule has 0 bridgehead atoms. The summed E-state index contributed by atoms with van der Waals surface area (Å²) < 4.78 is 5.86. The van der Waals surface area contributed by atoms with E-state index in [2.05, 4.69) is 29.9 Å². The summed E-state index contributed by atoms with van der Waals surface area (Å²) in [5.74, 6) is 0.388. The number of benzene rings is 1. The number of carbonyl (C=O) groups excluding carboxylic acids is 1. The van der Waals surface area contributed by atoms with E-state index in [1.165, 1.54) is 23.5 Å². The molecule has 0 unspecified atom stereocenters. The van der Waals surface area contributed by atoms with Crippen LogP contribution in [0.15, 0.2) is 62.7 Å². The third-order valence-corrected chi connectivity index (χ3v) is 6.49. The summed E-state index contributed by atoms with van der Waals surface area (Å²) in [4.78, 5) is 23.3. The molecule has 0 spiro atoms. The molecule has 30 heavy (non-hydrogen) atoms. The average molecular weight is 458 g/mol. The zero-order valence-electron chi connectivity index (χ0n) is 15.8. The molecule has 0 aliphatic carbocycles. The van der Waals surface area contributed by atoms with Crippen LogP contribution in [0, 0.1) is 6.92 Å². The average Bonchev–Trinajstić information content (AvgIpc) is 3.32. The molecule has 0 saturated heterocycles. The van der Waals surface area contributed by atoms with E-state index in [4.69, 9.17) is 0 Å². The molecular weight excluding hydrogens is 442 g/mol. The lowest BCUT2D eigenvalue weighted by atomic mass is 10.3. The number of hydrogen-bond acceptors (Lipinski definition) is 10. The first-order chi connectivity index (χ1) is 14.5. The molecule has 4 rings (SSSR count). The van der Waals surface area contributed by atoms with Crippen molar-refractivity contribution in [2.24, 2.45) is 7.05 Å². The minimum Gasteiger partial charge on any atom is -0.508 e. The number of aryl methyl sites for hydroxylation is 2. The van der Waals surface area contributed by atoms with Crippen LogP contribution in [-0.2, 0) is 7.05 Å². The van der Waals surface area contributed by atoms with Crippen LogP contribution >= 0.6 is 35.1 Å². The number of nitrogens with one attached hydrogen (secondary N) is 1. The minimum atomic E-state index is -0.382. The number of nitrogens with zero attached hydrogens (tertiary/aromatic N) is 6. The van der Waals surface area contributed by atoms with E-state index in [0.29, 0.717) is 26.0 Å². The highest BCUT2D eigenvalue weighted by Crippen LogP contribution is 2.33. The maximum Gasteiger partial charge on any atom is 0.277 e. The van der Waals surface area contributed by atoms with Gasteiger partial charge in [0.05, 0.1) is 0 Å². The maximum atomic E-state index is 13.0. The first kappa shape index (κ1) is 20.3. The molecule has 9 nitrogen and oxygen atoms in total. The summed E-state index contributed by atoms with van der Waals surface area (Å²) >= 11 is 3.80. The molecule has 152 valence electrons. The molecule has 0 fully saturated rings. The Morgan fingerprint density at radius 3 is 2.60 bits per heavy atom. The molecule has 1 aromatic carbocycles. The van der Waals surface area contributed by atoms with Crippen molar-refractivity contribution < 1.29 is 9.90 Å². The van der Waals surface area contributed by atoms with Gasteiger partial charge < -0.3 is 9.67 Å². The van der Waals surface area contributed by atoms with Crippen molar-refractivity contribution in [2.45, 2.75) is 26.9 Å². The molecule has 4 aromatic rings. The fourth-order valence-corrected chi connectivity index (χ4v) is 4.54. The van der Waals surface area contributed by atoms with Crippen LogP contribution in [0.1, 0.15) is 16.3 Å². The van der Waals surface area contributed by atoms with E-state index in [-0.39, 0.29) is 17.4 Å². The van der Waals surface area contributed by atoms with Gasteiger partial charge in [0.15, 0.2) is 5.16 Å². The van der Waals surface area contributed by atoms with E-state index in [1.54, 1.807) is 42.1 Å². The molecule has 0 atom stereocenters. The van der Waals surface area contributed by atoms with Crippen molar-refractivity contribution in [3.63, 3.8) is 0 Å². The molecule has 0 aliphatic heterocycles. The van der Waals surface area contributed by atoms with Crippen LogP contribution in [-0.4, -0.2) is 40.1 Å². The van der Waals surface area contributed by atoms with Crippen molar-refractivity contribution in [2.75, 3.05) is 5.32 Å². The second kappa shape index (κ2) is 8.81. The number of amides is 1. The largest absolute Gasteiger partial charge is 0.508 e. The highest BCUT2D eigenvalue weighted by Gasteiger charge is 2.18. The van der Waals surface area contributed by atoms with Crippen molar-refractivity contribution >= 4 is 46.1 Å². The quantitative estimate of drug-likeness (QED) is 0.447. The Labute approximate surface area is 184 Å². The van der Waals surface area contributed by atoms with Gasteiger partial charge in [0.2, 0.25) is 5.13 Å². The Balaban J connectivity index is 1.65. The Hall–Kier alpha value is -2.96. The number of phenolic OH excluding ortho intramolecular Hbond substituents is 1. The summed E-state index contributed by atoms with van der Waals surface area (Å²) in [6, 6.07) is 10.4. The normalized spacial score (nSPS) is 10.9. The molecule has 3 aromatic heterocycles. The van der Waals surface area contributed by atoms with E-state index in [1.807, 2.05) is 19.2 Å². The van der Waals surface area contributed by atoms with Crippen molar-refractivity contribution in [3.8, 4) is 5.75 Å². The molecule has 0 aliphatic rings. The summed E-state index contributed by atoms with van der Waals surface area (Å²) in [5, 5.41) is 21.8. The Bertz CT molecular complexity index is 1190. The fraction of sp³-hybridized carbons (Fsp3) is 0.111. The number of hydrogen-bond donors (Lipinski definition) is 2. The second-order valence-corrected chi connectivity index (χ2v) is 8.87. The SMILES string of the molecule is Cc1nsc(NC(=O)c2nc(Sc3nncn3C)ccc2Sc2ccc(O)cc2)n1. The van der Waals surface area contributed by atoms with Gasteiger partial charge in [-0.3, -0.25) is 10.1 Å². The smallest absolute Gasteiger partial charge is 0.277 e. The predicted octanol–water partition coefficient (Wildman–Crippen LogP) is 3.63. The van der Waals surface area contributed by atoms with Crippen LogP contribution < -0.4 is 5.32 Å². The topological polar surface area (TPSA) is 119 Å². The van der Waals surface area contributed by atoms with E-state index in [9.17, 15) is 9.90 Å². The molecular formula is C18H15N7O2S3. The molecule has 0 saturated carbocycles. The molecule has 3 heterocycles. The summed E-state index contributed by atoms with van der Waals surface area (Å²) in [6.07, 6.45) is 1.60. The van der Waals surface area contributed by atoms with Gasteiger partial charge in [-0.05, 0) is 55.1 Å². The molecule has 0 radical (unpaired) electrons. The third-order valence-electron chi connectivity index (χ3n) is 3.73. The lowest BCUT2D eigenvalue weighted by Crippen LogP contribution is -2.15. The van der Waals surface area contributed by atoms with Gasteiger partial charge in [-0.15, -0.1) is 10.2 Å². The highest BCUT2D eigenvalue weighted by molar-refractivity contribution is 7.99. The van der Waals surface area contributed by atoms with Crippen LogP contribution in [0.25, 0.3) is 0 Å². The predicted molar refractivity (Wildman–Crippen MR) is 114 cm³/mol. The zero-order chi connectivity index (χ0) is 21.1. The number of phenols is 1. The Morgan fingerprint density at radius 2 is 1.93 bits per heavy atom. The lowest BCUT2D eigenvalue weighted by molar-refractivity contribution is 0.101. The standard InChI is InChI=1S/C18H15N7O2S3/c1-10-20-17(30-24-10)22-16(27)15-13(28-12-5-3-11(26)4-6-12)7-8-14(21-15)29-18-23-19-9-25(18)2/h3-9,26H,1-2H3,(H,20,22,24,27). The second-order valence-electron chi connectivity index (χ2n) is 6.02. The van der Waals surface area contributed by atoms with Crippen LogP contribution in [0.3, 0.4) is 0 Å². The van der Waals surface area contributed by atoms with Gasteiger partial charge in [-0.1, -0.05) is 11.8 Å². The van der Waals surface area contributed by atoms with Gasteiger partial charge in [0.25, 0.3) is 5.91 Å². The summed E-state index contributed by atoms with van der Waals surface area (Å²) in [5.41, 5.74) is 0.257. The Kier molecular flexibility index (Phi) is 5.97. The molecule has 1 amide bonds. The van der Waals surface area contributed by atoms with E-state index < -0.39 is 0 Å². The molecule has 2 N–H and O–H groups in total. The first-order valence-electron chi connectivity index (χ1n) is 8.59. The van der Waals surface area contributed by atoms with Gasteiger partial charge in [0, 0.05) is 28.4 Å². The van der Waals surface area contributed by atoms with Gasteiger partial charge in [-0.25, -0.2) is 9.97 Å². The van der Waals surface area contributed by atoms with Crippen LogP contribution in [0.4, 0.5) is 5.13 Å². The van der Waals surface area contributed by atoms with Crippen molar-refractivity contribution in [1.82, 2.24) is 29.1 Å². The van der Waals surface area contributed by atoms with Gasteiger partial charge >= 0.3 is 0 Å². The monoisotopic (exact) mass is 457 g/mol. The van der Waals surface area contributed by atoms with Gasteiger partial charge in [0.1, 0.15) is 28.6 Å². The van der Waals surface area contributed by atoms with Crippen molar-refractivity contribution in [1.29, 1.82) is 0 Å². The number of pyridine rings is 1. The number of anilines is 1. The first-order valence-corrected chi connectivity index (χ1v) is 11.0. The number of carbonyl (C=O) groups is 1. The lowest BCUT2D eigenvalue weighted by Gasteiger charge is -2.10. The summed E-state index contributed by atoms with van der Waals surface area (Å²) in [7, 11) is 1.84. The number of rotatable bonds is 6.